The maximum atomic E-state index is 12.9. The van der Waals surface area contributed by atoms with Crippen molar-refractivity contribution < 1.29 is 19.2 Å². The second kappa shape index (κ2) is 12.7. The number of hydrogen-bond donors (Lipinski definition) is 6. The summed E-state index contributed by atoms with van der Waals surface area (Å²) in [5.41, 5.74) is 11.4. The topological polar surface area (TPSA) is 185 Å². The average Bonchev–Trinajstić information content (AvgIpc) is 3.18. The summed E-state index contributed by atoms with van der Waals surface area (Å²) in [6.45, 7) is 7.36. The predicted molar refractivity (Wildman–Crippen MR) is 115 cm³/mol. The van der Waals surface area contributed by atoms with E-state index in [0.717, 1.165) is 0 Å². The van der Waals surface area contributed by atoms with Crippen molar-refractivity contribution in [1.82, 2.24) is 25.9 Å². The second-order valence-electron chi connectivity index (χ2n) is 8.39. The van der Waals surface area contributed by atoms with Gasteiger partial charge in [-0.05, 0) is 24.7 Å². The molecule has 0 radical (unpaired) electrons. The van der Waals surface area contributed by atoms with Crippen LogP contribution >= 0.6 is 0 Å². The summed E-state index contributed by atoms with van der Waals surface area (Å²) in [6, 6.07) is -2.70. The molecule has 0 aliphatic heterocycles. The minimum atomic E-state index is -0.957. The van der Waals surface area contributed by atoms with Crippen LogP contribution in [0.4, 0.5) is 0 Å². The van der Waals surface area contributed by atoms with Crippen LogP contribution in [0.1, 0.15) is 46.2 Å². The molecule has 0 saturated carbocycles. The van der Waals surface area contributed by atoms with Crippen molar-refractivity contribution in [3.63, 3.8) is 0 Å². The number of aromatic amines is 1. The maximum Gasteiger partial charge on any atom is 0.243 e. The van der Waals surface area contributed by atoms with Crippen LogP contribution in [0.15, 0.2) is 12.5 Å². The number of nitrogens with two attached hydrogens (primary N) is 2. The van der Waals surface area contributed by atoms with Crippen molar-refractivity contribution >= 4 is 23.6 Å². The summed E-state index contributed by atoms with van der Waals surface area (Å²) in [4.78, 5) is 56.1. The molecule has 0 spiro atoms. The lowest BCUT2D eigenvalue weighted by atomic mass is 9.99. The summed E-state index contributed by atoms with van der Waals surface area (Å²) < 4.78 is 0. The standard InChI is InChI=1S/C20H35N7O4/c1-11(2)5-14(18(22)29)26-19(30)15(6-12(3)4)27-20(31)16(25-17(28)8-21)7-13-9-23-10-24-13/h9-12,14-16H,5-8,21H2,1-4H3,(H2,22,29)(H,23,24)(H,25,28)(H,26,30)(H,27,31). The molecule has 0 saturated heterocycles. The van der Waals surface area contributed by atoms with Crippen molar-refractivity contribution in [2.24, 2.45) is 23.3 Å². The number of aromatic nitrogens is 2. The van der Waals surface area contributed by atoms with Crippen LogP contribution in [0.5, 0.6) is 0 Å². The first kappa shape index (κ1) is 26.1. The molecule has 1 aromatic rings. The molecule has 31 heavy (non-hydrogen) atoms. The first-order valence-corrected chi connectivity index (χ1v) is 10.4. The molecule has 0 aliphatic rings. The highest BCUT2D eigenvalue weighted by atomic mass is 16.2. The number of H-pyrrole nitrogens is 1. The van der Waals surface area contributed by atoms with E-state index in [1.54, 1.807) is 0 Å². The molecule has 0 aliphatic carbocycles. The smallest absolute Gasteiger partial charge is 0.243 e. The largest absolute Gasteiger partial charge is 0.368 e. The van der Waals surface area contributed by atoms with E-state index in [0.29, 0.717) is 18.5 Å². The van der Waals surface area contributed by atoms with Crippen molar-refractivity contribution in [3.05, 3.63) is 18.2 Å². The summed E-state index contributed by atoms with van der Waals surface area (Å²) >= 11 is 0. The first-order valence-electron chi connectivity index (χ1n) is 10.4. The van der Waals surface area contributed by atoms with E-state index < -0.39 is 41.8 Å². The lowest BCUT2D eigenvalue weighted by Crippen LogP contribution is -2.57. The van der Waals surface area contributed by atoms with Gasteiger partial charge in [-0.1, -0.05) is 27.7 Å². The van der Waals surface area contributed by atoms with Gasteiger partial charge in [-0.25, -0.2) is 4.98 Å². The average molecular weight is 438 g/mol. The van der Waals surface area contributed by atoms with E-state index in [9.17, 15) is 19.2 Å². The summed E-state index contributed by atoms with van der Waals surface area (Å²) in [7, 11) is 0. The van der Waals surface area contributed by atoms with Gasteiger partial charge in [0, 0.05) is 18.3 Å². The molecule has 4 amide bonds. The fourth-order valence-electron chi connectivity index (χ4n) is 3.04. The minimum Gasteiger partial charge on any atom is -0.368 e. The van der Waals surface area contributed by atoms with Crippen LogP contribution in [0.2, 0.25) is 0 Å². The van der Waals surface area contributed by atoms with E-state index in [2.05, 4.69) is 25.9 Å². The summed E-state index contributed by atoms with van der Waals surface area (Å²) in [5, 5.41) is 7.90. The van der Waals surface area contributed by atoms with Gasteiger partial charge < -0.3 is 32.4 Å². The molecule has 3 unspecified atom stereocenters. The van der Waals surface area contributed by atoms with Crippen molar-refractivity contribution in [1.29, 1.82) is 0 Å². The predicted octanol–water partition coefficient (Wildman–Crippen LogP) is -1.06. The van der Waals surface area contributed by atoms with Crippen molar-refractivity contribution in [2.45, 2.75) is 65.1 Å². The maximum absolute atomic E-state index is 12.9. The van der Waals surface area contributed by atoms with Crippen molar-refractivity contribution in [3.8, 4) is 0 Å². The van der Waals surface area contributed by atoms with E-state index in [1.165, 1.54) is 12.5 Å². The fraction of sp³-hybridized carbons (Fsp3) is 0.650. The van der Waals surface area contributed by atoms with Gasteiger partial charge in [-0.3, -0.25) is 19.2 Å². The molecule has 3 atom stereocenters. The number of carbonyl (C=O) groups is 4. The zero-order chi connectivity index (χ0) is 23.6. The van der Waals surface area contributed by atoms with Gasteiger partial charge in [0.25, 0.3) is 0 Å². The quantitative estimate of drug-likeness (QED) is 0.228. The monoisotopic (exact) mass is 437 g/mol. The van der Waals surface area contributed by atoms with Gasteiger partial charge in [-0.2, -0.15) is 0 Å². The van der Waals surface area contributed by atoms with E-state index >= 15 is 0 Å². The number of nitrogens with zero attached hydrogens (tertiary/aromatic N) is 1. The molecule has 0 aromatic carbocycles. The Balaban J connectivity index is 2.96. The lowest BCUT2D eigenvalue weighted by Gasteiger charge is -2.26. The van der Waals surface area contributed by atoms with Gasteiger partial charge in [0.1, 0.15) is 18.1 Å². The molecule has 174 valence electrons. The number of hydrogen-bond acceptors (Lipinski definition) is 6. The van der Waals surface area contributed by atoms with Crippen LogP contribution < -0.4 is 27.4 Å². The molecule has 0 bridgehead atoms. The van der Waals surface area contributed by atoms with E-state index in [4.69, 9.17) is 11.5 Å². The van der Waals surface area contributed by atoms with E-state index in [1.807, 2.05) is 27.7 Å². The first-order chi connectivity index (χ1) is 14.5. The highest BCUT2D eigenvalue weighted by molar-refractivity contribution is 5.94. The molecule has 1 aromatic heterocycles. The SMILES string of the molecule is CC(C)CC(NC(=O)C(CC(C)C)NC(=O)C(Cc1cnc[nH]1)NC(=O)CN)C(N)=O. The molecule has 1 heterocycles. The molecule has 11 heteroatoms. The van der Waals surface area contributed by atoms with Gasteiger partial charge in [0.2, 0.25) is 23.6 Å². The molecule has 0 fully saturated rings. The Bertz CT molecular complexity index is 734. The number of amides is 4. The third kappa shape index (κ3) is 9.60. The zero-order valence-corrected chi connectivity index (χ0v) is 18.6. The van der Waals surface area contributed by atoms with Gasteiger partial charge in [-0.15, -0.1) is 0 Å². The Labute approximate surface area is 182 Å². The molecule has 8 N–H and O–H groups in total. The summed E-state index contributed by atoms with van der Waals surface area (Å²) in [5.74, 6) is -1.97. The second-order valence-corrected chi connectivity index (χ2v) is 8.39. The van der Waals surface area contributed by atoms with Gasteiger partial charge in [0.15, 0.2) is 0 Å². The lowest BCUT2D eigenvalue weighted by molar-refractivity contribution is -0.133. The molecular weight excluding hydrogens is 402 g/mol. The minimum absolute atomic E-state index is 0.0814. The Morgan fingerprint density at radius 3 is 1.97 bits per heavy atom. The normalized spacial score (nSPS) is 14.0. The van der Waals surface area contributed by atoms with Crippen LogP contribution in [0, 0.1) is 11.8 Å². The Hall–Kier alpha value is -2.95. The number of carbonyl (C=O) groups excluding carboxylic acids is 4. The summed E-state index contributed by atoms with van der Waals surface area (Å²) in [6.07, 6.45) is 3.87. The van der Waals surface area contributed by atoms with Crippen LogP contribution in [-0.4, -0.2) is 58.3 Å². The van der Waals surface area contributed by atoms with Gasteiger partial charge >= 0.3 is 0 Å². The Kier molecular flexibility index (Phi) is 10.7. The third-order valence-electron chi connectivity index (χ3n) is 4.52. The number of primary amides is 1. The third-order valence-corrected chi connectivity index (χ3v) is 4.52. The number of rotatable bonds is 13. The van der Waals surface area contributed by atoms with Crippen LogP contribution in [0.3, 0.4) is 0 Å². The molecule has 1 rings (SSSR count). The Morgan fingerprint density at radius 2 is 1.48 bits per heavy atom. The van der Waals surface area contributed by atoms with Crippen molar-refractivity contribution in [2.75, 3.05) is 6.54 Å². The van der Waals surface area contributed by atoms with Crippen LogP contribution in [0.25, 0.3) is 0 Å². The van der Waals surface area contributed by atoms with E-state index in [-0.39, 0.29) is 24.8 Å². The highest BCUT2D eigenvalue weighted by Crippen LogP contribution is 2.09. The molecule has 11 nitrogen and oxygen atoms in total. The number of nitrogens with one attached hydrogen (secondary N) is 4. The zero-order valence-electron chi connectivity index (χ0n) is 18.6. The van der Waals surface area contributed by atoms with Crippen LogP contribution in [-0.2, 0) is 25.6 Å². The highest BCUT2D eigenvalue weighted by Gasteiger charge is 2.30. The molecular formula is C20H35N7O4. The fourth-order valence-corrected chi connectivity index (χ4v) is 3.04. The van der Waals surface area contributed by atoms with Gasteiger partial charge in [0.05, 0.1) is 12.9 Å². The Morgan fingerprint density at radius 1 is 0.935 bits per heavy atom. The number of imidazole rings is 1.